The van der Waals surface area contributed by atoms with E-state index in [0.717, 1.165) is 5.56 Å². The van der Waals surface area contributed by atoms with Crippen molar-refractivity contribution in [3.05, 3.63) is 17.7 Å². The summed E-state index contributed by atoms with van der Waals surface area (Å²) in [6.07, 6.45) is 0.274. The molecule has 1 aromatic carbocycles. The lowest BCUT2D eigenvalue weighted by Gasteiger charge is -2.25. The molecule has 5 heteroatoms. The molecule has 1 unspecified atom stereocenters. The van der Waals surface area contributed by atoms with Gasteiger partial charge >= 0.3 is 0 Å². The van der Waals surface area contributed by atoms with Gasteiger partial charge in [0, 0.05) is 30.2 Å². The molecule has 2 rings (SSSR count). The fourth-order valence-corrected chi connectivity index (χ4v) is 1.88. The first-order valence-corrected chi connectivity index (χ1v) is 4.97. The molecule has 3 N–H and O–H groups in total. The zero-order valence-electron chi connectivity index (χ0n) is 9.24. The van der Waals surface area contributed by atoms with Crippen LogP contribution in [0, 0.1) is 0 Å². The van der Waals surface area contributed by atoms with Gasteiger partial charge in [-0.1, -0.05) is 0 Å². The predicted molar refractivity (Wildman–Crippen MR) is 59.7 cm³/mol. The monoisotopic (exact) mass is 222 g/mol. The predicted octanol–water partition coefficient (Wildman–Crippen LogP) is 1.05. The first-order chi connectivity index (χ1) is 7.65. The SMILES string of the molecule is COc1cc2c(c(OC)c1)C(N)CC(=O)N2. The van der Waals surface area contributed by atoms with Crippen molar-refractivity contribution in [2.45, 2.75) is 12.5 Å². The average Bonchev–Trinajstić information content (AvgIpc) is 2.26. The molecule has 1 aliphatic heterocycles. The second-order valence-corrected chi connectivity index (χ2v) is 3.65. The number of amides is 1. The molecule has 1 aliphatic rings. The van der Waals surface area contributed by atoms with E-state index in [9.17, 15) is 4.79 Å². The van der Waals surface area contributed by atoms with E-state index in [4.69, 9.17) is 15.2 Å². The summed E-state index contributed by atoms with van der Waals surface area (Å²) < 4.78 is 10.4. The number of carbonyl (C=O) groups is 1. The highest BCUT2D eigenvalue weighted by molar-refractivity contribution is 5.95. The normalized spacial score (nSPS) is 18.7. The summed E-state index contributed by atoms with van der Waals surface area (Å²) in [5.41, 5.74) is 7.41. The summed E-state index contributed by atoms with van der Waals surface area (Å²) in [6.45, 7) is 0. The molecule has 16 heavy (non-hydrogen) atoms. The van der Waals surface area contributed by atoms with Gasteiger partial charge in [-0.25, -0.2) is 0 Å². The van der Waals surface area contributed by atoms with E-state index < -0.39 is 0 Å². The van der Waals surface area contributed by atoms with Crippen molar-refractivity contribution in [2.75, 3.05) is 19.5 Å². The van der Waals surface area contributed by atoms with Crippen LogP contribution >= 0.6 is 0 Å². The van der Waals surface area contributed by atoms with Gasteiger partial charge in [0.2, 0.25) is 5.91 Å². The Morgan fingerprint density at radius 3 is 2.75 bits per heavy atom. The van der Waals surface area contributed by atoms with E-state index in [1.54, 1.807) is 26.4 Å². The maximum Gasteiger partial charge on any atom is 0.226 e. The largest absolute Gasteiger partial charge is 0.497 e. The van der Waals surface area contributed by atoms with Gasteiger partial charge in [0.1, 0.15) is 11.5 Å². The first-order valence-electron chi connectivity index (χ1n) is 4.97. The maximum atomic E-state index is 11.4. The fourth-order valence-electron chi connectivity index (χ4n) is 1.88. The molecule has 0 radical (unpaired) electrons. The van der Waals surface area contributed by atoms with Gasteiger partial charge in [0.25, 0.3) is 0 Å². The minimum Gasteiger partial charge on any atom is -0.497 e. The van der Waals surface area contributed by atoms with E-state index in [2.05, 4.69) is 5.32 Å². The number of nitrogens with one attached hydrogen (secondary N) is 1. The molecule has 1 atom stereocenters. The van der Waals surface area contributed by atoms with Crippen LogP contribution in [0.5, 0.6) is 11.5 Å². The third-order valence-corrected chi connectivity index (χ3v) is 2.62. The number of fused-ring (bicyclic) bond motifs is 1. The second-order valence-electron chi connectivity index (χ2n) is 3.65. The molecule has 1 heterocycles. The Morgan fingerprint density at radius 1 is 1.38 bits per heavy atom. The summed E-state index contributed by atoms with van der Waals surface area (Å²) in [5.74, 6) is 1.18. The lowest BCUT2D eigenvalue weighted by atomic mass is 9.97. The van der Waals surface area contributed by atoms with Gasteiger partial charge in [-0.3, -0.25) is 4.79 Å². The van der Waals surface area contributed by atoms with E-state index in [1.807, 2.05) is 0 Å². The van der Waals surface area contributed by atoms with E-state index in [-0.39, 0.29) is 18.4 Å². The van der Waals surface area contributed by atoms with Crippen LogP contribution in [0.2, 0.25) is 0 Å². The Morgan fingerprint density at radius 2 is 2.12 bits per heavy atom. The number of anilines is 1. The number of methoxy groups -OCH3 is 2. The van der Waals surface area contributed by atoms with Crippen LogP contribution in [0.25, 0.3) is 0 Å². The van der Waals surface area contributed by atoms with Crippen LogP contribution in [-0.4, -0.2) is 20.1 Å². The van der Waals surface area contributed by atoms with E-state index in [1.165, 1.54) is 0 Å². The lowest BCUT2D eigenvalue weighted by Crippen LogP contribution is -2.27. The fraction of sp³-hybridized carbons (Fsp3) is 0.364. The Bertz CT molecular complexity index is 431. The molecule has 1 amide bonds. The van der Waals surface area contributed by atoms with Crippen molar-refractivity contribution in [3.8, 4) is 11.5 Å². The maximum absolute atomic E-state index is 11.4. The number of carbonyl (C=O) groups excluding carboxylic acids is 1. The van der Waals surface area contributed by atoms with Gasteiger partial charge in [-0.05, 0) is 0 Å². The summed E-state index contributed by atoms with van der Waals surface area (Å²) in [4.78, 5) is 11.4. The molecule has 1 aromatic rings. The molecular formula is C11H14N2O3. The van der Waals surface area contributed by atoms with Crippen molar-refractivity contribution >= 4 is 11.6 Å². The Kier molecular flexibility index (Phi) is 2.70. The molecule has 0 bridgehead atoms. The minimum atomic E-state index is -0.329. The summed E-state index contributed by atoms with van der Waals surface area (Å²) in [7, 11) is 3.13. The van der Waals surface area contributed by atoms with Gasteiger partial charge < -0.3 is 20.5 Å². The Labute approximate surface area is 93.5 Å². The van der Waals surface area contributed by atoms with Crippen LogP contribution in [0.3, 0.4) is 0 Å². The minimum absolute atomic E-state index is 0.0877. The third kappa shape index (κ3) is 1.69. The standard InChI is InChI=1S/C11H14N2O3/c1-15-6-3-8-11(9(4-6)16-2)7(12)5-10(14)13-8/h3-4,7H,5,12H2,1-2H3,(H,13,14). The van der Waals surface area contributed by atoms with Crippen molar-refractivity contribution in [2.24, 2.45) is 5.73 Å². The summed E-state index contributed by atoms with van der Waals surface area (Å²) in [5, 5.41) is 2.76. The number of rotatable bonds is 2. The van der Waals surface area contributed by atoms with Crippen molar-refractivity contribution in [3.63, 3.8) is 0 Å². The quantitative estimate of drug-likeness (QED) is 0.784. The highest BCUT2D eigenvalue weighted by atomic mass is 16.5. The molecule has 5 nitrogen and oxygen atoms in total. The van der Waals surface area contributed by atoms with Crippen molar-refractivity contribution in [1.82, 2.24) is 0 Å². The third-order valence-electron chi connectivity index (χ3n) is 2.62. The van der Waals surface area contributed by atoms with E-state index >= 15 is 0 Å². The van der Waals surface area contributed by atoms with Gasteiger partial charge in [0.15, 0.2) is 0 Å². The van der Waals surface area contributed by atoms with Gasteiger partial charge in [-0.2, -0.15) is 0 Å². The highest BCUT2D eigenvalue weighted by Gasteiger charge is 2.26. The van der Waals surface area contributed by atoms with Crippen LogP contribution < -0.4 is 20.5 Å². The topological polar surface area (TPSA) is 73.6 Å². The number of hydrogen-bond acceptors (Lipinski definition) is 4. The zero-order valence-corrected chi connectivity index (χ0v) is 9.24. The van der Waals surface area contributed by atoms with Gasteiger partial charge in [-0.15, -0.1) is 0 Å². The second kappa shape index (κ2) is 4.02. The van der Waals surface area contributed by atoms with Crippen LogP contribution in [0.4, 0.5) is 5.69 Å². The van der Waals surface area contributed by atoms with Crippen molar-refractivity contribution < 1.29 is 14.3 Å². The summed E-state index contributed by atoms with van der Waals surface area (Å²) >= 11 is 0. The number of benzene rings is 1. The first kappa shape index (κ1) is 10.8. The smallest absolute Gasteiger partial charge is 0.226 e. The van der Waals surface area contributed by atoms with Crippen LogP contribution in [-0.2, 0) is 4.79 Å². The average molecular weight is 222 g/mol. The molecule has 0 aliphatic carbocycles. The molecule has 0 saturated heterocycles. The molecule has 86 valence electrons. The molecule has 0 aromatic heterocycles. The summed E-state index contributed by atoms with van der Waals surface area (Å²) in [6, 6.07) is 3.18. The number of ether oxygens (including phenoxy) is 2. The Balaban J connectivity index is 2.56. The van der Waals surface area contributed by atoms with Crippen LogP contribution in [0.15, 0.2) is 12.1 Å². The molecule has 0 spiro atoms. The highest BCUT2D eigenvalue weighted by Crippen LogP contribution is 2.39. The Hall–Kier alpha value is -1.75. The molecule has 0 fully saturated rings. The van der Waals surface area contributed by atoms with Crippen LogP contribution in [0.1, 0.15) is 18.0 Å². The van der Waals surface area contributed by atoms with Gasteiger partial charge in [0.05, 0.1) is 19.9 Å². The van der Waals surface area contributed by atoms with Crippen molar-refractivity contribution in [1.29, 1.82) is 0 Å². The number of nitrogens with two attached hydrogens (primary N) is 1. The van der Waals surface area contributed by atoms with E-state index in [0.29, 0.717) is 17.2 Å². The number of hydrogen-bond donors (Lipinski definition) is 2. The molecule has 0 saturated carbocycles. The molecular weight excluding hydrogens is 208 g/mol. The lowest BCUT2D eigenvalue weighted by molar-refractivity contribution is -0.116. The zero-order chi connectivity index (χ0) is 11.7.